The molecule has 0 spiro atoms. The van der Waals surface area contributed by atoms with Crippen LogP contribution in [0.15, 0.2) is 53.8 Å². The predicted molar refractivity (Wildman–Crippen MR) is 126 cm³/mol. The number of alkyl halides is 1. The van der Waals surface area contributed by atoms with Crippen molar-refractivity contribution in [2.45, 2.75) is 24.1 Å². The first-order valence-corrected chi connectivity index (χ1v) is 11.9. The predicted octanol–water partition coefficient (Wildman–Crippen LogP) is 4.37. The Bertz CT molecular complexity index is 1220. The van der Waals surface area contributed by atoms with Crippen LogP contribution < -0.4 is 16.0 Å². The second-order valence-corrected chi connectivity index (χ2v) is 9.94. The van der Waals surface area contributed by atoms with Crippen molar-refractivity contribution in [2.75, 3.05) is 21.8 Å². The van der Waals surface area contributed by atoms with E-state index in [0.29, 0.717) is 11.4 Å². The summed E-state index contributed by atoms with van der Waals surface area (Å²) in [6, 6.07) is 10.0. The van der Waals surface area contributed by atoms with Crippen molar-refractivity contribution in [1.29, 1.82) is 0 Å². The summed E-state index contributed by atoms with van der Waals surface area (Å²) >= 11 is 11.7. The number of halogens is 2. The number of benzene rings is 1. The molecule has 2 aromatic heterocycles. The molecule has 0 bridgehead atoms. The number of amides is 1. The minimum Gasteiger partial charge on any atom is -0.336 e. The van der Waals surface area contributed by atoms with Gasteiger partial charge in [0.25, 0.3) is 0 Å². The van der Waals surface area contributed by atoms with Crippen LogP contribution in [0.5, 0.6) is 0 Å². The Kier molecular flexibility index (Phi) is 7.49. The maximum absolute atomic E-state index is 12.6. The Labute approximate surface area is 195 Å². The molecule has 3 aromatic rings. The van der Waals surface area contributed by atoms with Crippen molar-refractivity contribution in [1.82, 2.24) is 15.0 Å². The van der Waals surface area contributed by atoms with Crippen LogP contribution in [-0.2, 0) is 14.6 Å². The van der Waals surface area contributed by atoms with E-state index in [4.69, 9.17) is 23.2 Å². The van der Waals surface area contributed by atoms with E-state index in [2.05, 4.69) is 30.9 Å². The molecule has 3 rings (SSSR count). The number of carbonyl (C=O) groups is 1. The summed E-state index contributed by atoms with van der Waals surface area (Å²) in [7, 11) is -3.63. The molecule has 0 atom stereocenters. The zero-order chi connectivity index (χ0) is 23.3. The molecular formula is C20H20Cl2N6O3S. The summed E-state index contributed by atoms with van der Waals surface area (Å²) in [6.45, 7) is 3.17. The Hall–Kier alpha value is -2.95. The molecule has 1 aromatic carbocycles. The Morgan fingerprint density at radius 3 is 2.41 bits per heavy atom. The van der Waals surface area contributed by atoms with Crippen molar-refractivity contribution in [2.24, 2.45) is 0 Å². The smallest absolute Gasteiger partial charge is 0.239 e. The number of nitrogens with zero attached hydrogens (tertiary/aromatic N) is 3. The quantitative estimate of drug-likeness (QED) is 0.394. The van der Waals surface area contributed by atoms with Crippen molar-refractivity contribution >= 4 is 67.8 Å². The summed E-state index contributed by atoms with van der Waals surface area (Å²) < 4.78 is 25.3. The fraction of sp³-hybridized carbons (Fsp3) is 0.200. The number of hydrogen-bond acceptors (Lipinski definition) is 8. The highest BCUT2D eigenvalue weighted by Crippen LogP contribution is 2.29. The van der Waals surface area contributed by atoms with Crippen LogP contribution in [0.4, 0.5) is 28.8 Å². The second kappa shape index (κ2) is 10.1. The number of aromatic nitrogens is 3. The maximum atomic E-state index is 12.6. The van der Waals surface area contributed by atoms with Crippen molar-refractivity contribution in [3.05, 3.63) is 53.8 Å². The largest absolute Gasteiger partial charge is 0.336 e. The van der Waals surface area contributed by atoms with Crippen LogP contribution >= 0.6 is 23.2 Å². The SMILES string of the molecule is CC(C)S(=O)(=O)c1ncccc1Nc1nc(Nc2ccc(NC(=O)CCl)cc2)ncc1Cl. The molecule has 0 aliphatic rings. The normalized spacial score (nSPS) is 11.3. The molecule has 1 amide bonds. The molecule has 0 saturated heterocycles. The van der Waals surface area contributed by atoms with Gasteiger partial charge in [-0.15, -0.1) is 11.6 Å². The molecule has 0 radical (unpaired) electrons. The minimum atomic E-state index is -3.63. The molecule has 0 unspecified atom stereocenters. The van der Waals surface area contributed by atoms with Gasteiger partial charge in [0.2, 0.25) is 11.9 Å². The van der Waals surface area contributed by atoms with Gasteiger partial charge in [0.15, 0.2) is 20.7 Å². The van der Waals surface area contributed by atoms with Gasteiger partial charge in [0, 0.05) is 17.6 Å². The van der Waals surface area contributed by atoms with Crippen LogP contribution in [-0.4, -0.2) is 40.4 Å². The summed E-state index contributed by atoms with van der Waals surface area (Å²) in [4.78, 5) is 23.9. The third-order valence-corrected chi connectivity index (χ3v) is 6.83. The molecule has 9 nitrogen and oxygen atoms in total. The van der Waals surface area contributed by atoms with Crippen molar-refractivity contribution in [3.8, 4) is 0 Å². The first-order chi connectivity index (χ1) is 15.2. The van der Waals surface area contributed by atoms with E-state index in [9.17, 15) is 13.2 Å². The lowest BCUT2D eigenvalue weighted by Gasteiger charge is -2.14. The third-order valence-electron chi connectivity index (χ3n) is 4.20. The summed E-state index contributed by atoms with van der Waals surface area (Å²) in [6.07, 6.45) is 2.80. The van der Waals surface area contributed by atoms with Crippen molar-refractivity contribution in [3.63, 3.8) is 0 Å². The fourth-order valence-electron chi connectivity index (χ4n) is 2.54. The Balaban J connectivity index is 1.83. The van der Waals surface area contributed by atoms with E-state index in [1.807, 2.05) is 0 Å². The Morgan fingerprint density at radius 1 is 1.06 bits per heavy atom. The topological polar surface area (TPSA) is 126 Å². The zero-order valence-corrected chi connectivity index (χ0v) is 19.5. The highest BCUT2D eigenvalue weighted by molar-refractivity contribution is 7.92. The standard InChI is InChI=1S/C20H20Cl2N6O3S/c1-12(2)32(30,31)19-16(4-3-9-23-19)27-18-15(22)11-24-20(28-18)26-14-7-5-13(6-8-14)25-17(29)10-21/h3-9,11-12H,10H2,1-2H3,(H,25,29)(H2,24,26,27,28). The van der Waals surface area contributed by atoms with Gasteiger partial charge < -0.3 is 16.0 Å². The van der Waals surface area contributed by atoms with Gasteiger partial charge in [0.1, 0.15) is 10.9 Å². The molecule has 0 saturated carbocycles. The van der Waals surface area contributed by atoms with E-state index < -0.39 is 15.1 Å². The average Bonchev–Trinajstić information content (AvgIpc) is 2.77. The number of pyridine rings is 1. The molecule has 32 heavy (non-hydrogen) atoms. The zero-order valence-electron chi connectivity index (χ0n) is 17.1. The lowest BCUT2D eigenvalue weighted by Crippen LogP contribution is -2.17. The van der Waals surface area contributed by atoms with Crippen molar-refractivity contribution < 1.29 is 13.2 Å². The van der Waals surface area contributed by atoms with Gasteiger partial charge in [-0.2, -0.15) is 4.98 Å². The van der Waals surface area contributed by atoms with Crippen LogP contribution in [0, 0.1) is 0 Å². The van der Waals surface area contributed by atoms with Crippen LogP contribution in [0.2, 0.25) is 5.02 Å². The highest BCUT2D eigenvalue weighted by atomic mass is 35.5. The lowest BCUT2D eigenvalue weighted by atomic mass is 10.3. The number of carbonyl (C=O) groups excluding carboxylic acids is 1. The van der Waals surface area contributed by atoms with E-state index in [1.165, 1.54) is 12.4 Å². The van der Waals surface area contributed by atoms with Gasteiger partial charge in [-0.05, 0) is 50.2 Å². The van der Waals surface area contributed by atoms with Gasteiger partial charge in [0.05, 0.1) is 17.1 Å². The Morgan fingerprint density at radius 2 is 1.75 bits per heavy atom. The molecule has 168 valence electrons. The number of sulfone groups is 1. The van der Waals surface area contributed by atoms with Gasteiger partial charge in [-0.3, -0.25) is 4.79 Å². The maximum Gasteiger partial charge on any atom is 0.239 e. The number of nitrogens with one attached hydrogen (secondary N) is 3. The molecule has 2 heterocycles. The average molecular weight is 495 g/mol. The van der Waals surface area contributed by atoms with Gasteiger partial charge in [-0.1, -0.05) is 11.6 Å². The molecule has 0 fully saturated rings. The molecule has 0 aliphatic carbocycles. The van der Waals surface area contributed by atoms with E-state index in [1.54, 1.807) is 50.2 Å². The summed E-state index contributed by atoms with van der Waals surface area (Å²) in [5, 5.41) is 8.07. The molecule has 0 aliphatic heterocycles. The monoisotopic (exact) mass is 494 g/mol. The van der Waals surface area contributed by atoms with E-state index in [0.717, 1.165) is 0 Å². The minimum absolute atomic E-state index is 0.0891. The first kappa shape index (κ1) is 23.7. The molecule has 3 N–H and O–H groups in total. The number of anilines is 5. The van der Waals surface area contributed by atoms with Crippen LogP contribution in [0.1, 0.15) is 13.8 Å². The van der Waals surface area contributed by atoms with Gasteiger partial charge in [-0.25, -0.2) is 18.4 Å². The first-order valence-electron chi connectivity index (χ1n) is 9.42. The second-order valence-electron chi connectivity index (χ2n) is 6.85. The number of rotatable bonds is 8. The third kappa shape index (κ3) is 5.64. The highest BCUT2D eigenvalue weighted by Gasteiger charge is 2.24. The molecule has 12 heteroatoms. The number of hydrogen-bond donors (Lipinski definition) is 3. The summed E-state index contributed by atoms with van der Waals surface area (Å²) in [5.41, 5.74) is 1.51. The molecular weight excluding hydrogens is 475 g/mol. The van der Waals surface area contributed by atoms with E-state index >= 15 is 0 Å². The van der Waals surface area contributed by atoms with Gasteiger partial charge >= 0.3 is 0 Å². The van der Waals surface area contributed by atoms with E-state index in [-0.39, 0.29) is 39.3 Å². The fourth-order valence-corrected chi connectivity index (χ4v) is 3.82. The van der Waals surface area contributed by atoms with Crippen LogP contribution in [0.25, 0.3) is 0 Å². The summed E-state index contributed by atoms with van der Waals surface area (Å²) in [5.74, 6) is -0.000692. The lowest BCUT2D eigenvalue weighted by molar-refractivity contribution is -0.113. The van der Waals surface area contributed by atoms with Crippen LogP contribution in [0.3, 0.4) is 0 Å².